The Balaban J connectivity index is 1.73. The smallest absolute Gasteiger partial charge is 0.264 e. The van der Waals surface area contributed by atoms with Gasteiger partial charge in [0.05, 0.1) is 10.6 Å². The molecule has 32 heavy (non-hydrogen) atoms. The third-order valence-corrected chi connectivity index (χ3v) is 7.04. The Labute approximate surface area is 197 Å². The lowest BCUT2D eigenvalue weighted by Crippen LogP contribution is -2.39. The maximum absolute atomic E-state index is 13.2. The van der Waals surface area contributed by atoms with Crippen LogP contribution in [0, 0.1) is 0 Å². The van der Waals surface area contributed by atoms with Gasteiger partial charge in [-0.15, -0.1) is 0 Å². The molecule has 0 saturated carbocycles. The molecule has 0 aliphatic heterocycles. The van der Waals surface area contributed by atoms with E-state index in [4.69, 9.17) is 0 Å². The summed E-state index contributed by atoms with van der Waals surface area (Å²) >= 11 is 3.35. The van der Waals surface area contributed by atoms with Crippen LogP contribution in [0.3, 0.4) is 0 Å². The van der Waals surface area contributed by atoms with Crippen molar-refractivity contribution in [3.8, 4) is 0 Å². The lowest BCUT2D eigenvalue weighted by molar-refractivity contribution is -0.119. The molecular formula is C24H24BrN3O3S. The molecular weight excluding hydrogens is 490 g/mol. The van der Waals surface area contributed by atoms with E-state index < -0.39 is 22.5 Å². The van der Waals surface area contributed by atoms with E-state index in [-0.39, 0.29) is 4.90 Å². The third kappa shape index (κ3) is 6.51. The Hall–Kier alpha value is -2.97. The van der Waals surface area contributed by atoms with Gasteiger partial charge in [0.25, 0.3) is 15.9 Å². The maximum Gasteiger partial charge on any atom is 0.264 e. The molecule has 3 aromatic rings. The molecule has 1 N–H and O–H groups in total. The molecule has 0 atom stereocenters. The summed E-state index contributed by atoms with van der Waals surface area (Å²) in [5.41, 5.74) is 4.81. The van der Waals surface area contributed by atoms with E-state index >= 15 is 0 Å². The highest BCUT2D eigenvalue weighted by atomic mass is 79.9. The highest BCUT2D eigenvalue weighted by Crippen LogP contribution is 2.25. The van der Waals surface area contributed by atoms with E-state index in [9.17, 15) is 13.2 Å². The lowest BCUT2D eigenvalue weighted by atomic mass is 10.1. The quantitative estimate of drug-likeness (QED) is 0.330. The second-order valence-electron chi connectivity index (χ2n) is 7.17. The second-order valence-corrected chi connectivity index (χ2v) is 9.95. The summed E-state index contributed by atoms with van der Waals surface area (Å²) in [6.07, 6.45) is 1.49. The van der Waals surface area contributed by atoms with E-state index in [0.29, 0.717) is 12.1 Å². The van der Waals surface area contributed by atoms with Gasteiger partial charge < -0.3 is 0 Å². The number of carbonyl (C=O) groups is 1. The molecule has 0 aliphatic rings. The van der Waals surface area contributed by atoms with E-state index in [2.05, 4.69) is 26.5 Å². The number of aryl methyl sites for hydroxylation is 1. The Morgan fingerprint density at radius 1 is 0.938 bits per heavy atom. The fourth-order valence-electron chi connectivity index (χ4n) is 2.99. The Morgan fingerprint density at radius 3 is 2.16 bits per heavy atom. The first-order valence-corrected chi connectivity index (χ1v) is 12.3. The van der Waals surface area contributed by atoms with Crippen molar-refractivity contribution >= 4 is 43.3 Å². The van der Waals surface area contributed by atoms with Crippen LogP contribution in [0.1, 0.15) is 18.9 Å². The number of rotatable bonds is 9. The molecule has 0 radical (unpaired) electrons. The van der Waals surface area contributed by atoms with Crippen molar-refractivity contribution in [2.24, 2.45) is 5.10 Å². The summed E-state index contributed by atoms with van der Waals surface area (Å²) in [6.45, 7) is 1.44. The first-order chi connectivity index (χ1) is 15.4. The fraction of sp³-hybridized carbons (Fsp3) is 0.167. The summed E-state index contributed by atoms with van der Waals surface area (Å²) < 4.78 is 28.4. The van der Waals surface area contributed by atoms with Gasteiger partial charge in [-0.3, -0.25) is 9.10 Å². The van der Waals surface area contributed by atoms with Crippen molar-refractivity contribution in [2.45, 2.75) is 24.7 Å². The second kappa shape index (κ2) is 11.1. The van der Waals surface area contributed by atoms with E-state index in [1.807, 2.05) is 37.3 Å². The molecule has 3 rings (SSSR count). The predicted molar refractivity (Wildman–Crippen MR) is 131 cm³/mol. The number of hydrazone groups is 1. The van der Waals surface area contributed by atoms with Crippen molar-refractivity contribution in [3.05, 3.63) is 95.0 Å². The number of anilines is 1. The summed E-state index contributed by atoms with van der Waals surface area (Å²) in [4.78, 5) is 12.7. The van der Waals surface area contributed by atoms with Crippen LogP contribution in [0.2, 0.25) is 0 Å². The van der Waals surface area contributed by atoms with Crippen molar-refractivity contribution in [1.82, 2.24) is 5.43 Å². The Kier molecular flexibility index (Phi) is 8.19. The molecule has 0 fully saturated rings. The molecule has 0 aliphatic carbocycles. The van der Waals surface area contributed by atoms with Crippen LogP contribution < -0.4 is 9.73 Å². The average Bonchev–Trinajstić information content (AvgIpc) is 2.81. The summed E-state index contributed by atoms with van der Waals surface area (Å²) in [6, 6.07) is 24.8. The van der Waals surface area contributed by atoms with Crippen LogP contribution in [0.4, 0.5) is 5.69 Å². The highest BCUT2D eigenvalue weighted by Gasteiger charge is 2.27. The van der Waals surface area contributed by atoms with Crippen LogP contribution in [0.25, 0.3) is 0 Å². The summed E-state index contributed by atoms with van der Waals surface area (Å²) in [5, 5.41) is 4.14. The number of benzene rings is 3. The van der Waals surface area contributed by atoms with Gasteiger partial charge in [0, 0.05) is 10.2 Å². The third-order valence-electron chi connectivity index (χ3n) is 4.72. The van der Waals surface area contributed by atoms with Crippen molar-refractivity contribution in [3.63, 3.8) is 0 Å². The van der Waals surface area contributed by atoms with Crippen LogP contribution in [-0.4, -0.2) is 26.6 Å². The lowest BCUT2D eigenvalue weighted by Gasteiger charge is -2.23. The fourth-order valence-corrected chi connectivity index (χ4v) is 4.70. The zero-order valence-corrected chi connectivity index (χ0v) is 20.0. The number of hydrogen-bond acceptors (Lipinski definition) is 4. The molecule has 0 bridgehead atoms. The SMILES string of the molecule is CC(CCc1ccccc1)=NNC(=O)CN(c1ccc(Br)cc1)S(=O)(=O)c1ccccc1. The zero-order valence-electron chi connectivity index (χ0n) is 17.6. The first kappa shape index (κ1) is 23.7. The number of amides is 1. The van der Waals surface area contributed by atoms with Gasteiger partial charge in [-0.05, 0) is 61.7 Å². The number of halogens is 1. The first-order valence-electron chi connectivity index (χ1n) is 10.1. The number of hydrogen-bond donors (Lipinski definition) is 1. The molecule has 3 aromatic carbocycles. The molecule has 1 amide bonds. The monoisotopic (exact) mass is 513 g/mol. The number of nitrogens with one attached hydrogen (secondary N) is 1. The van der Waals surface area contributed by atoms with Gasteiger partial charge in [0.2, 0.25) is 0 Å². The van der Waals surface area contributed by atoms with Gasteiger partial charge in [-0.1, -0.05) is 64.5 Å². The van der Waals surface area contributed by atoms with Crippen LogP contribution in [-0.2, 0) is 21.2 Å². The standard InChI is InChI=1S/C24H24BrN3O3S/c1-19(12-13-20-8-4-2-5-9-20)26-27-24(29)18-28(22-16-14-21(25)15-17-22)32(30,31)23-10-6-3-7-11-23/h2-11,14-17H,12-13,18H2,1H3,(H,27,29). The van der Waals surface area contributed by atoms with Crippen LogP contribution >= 0.6 is 15.9 Å². The summed E-state index contributed by atoms with van der Waals surface area (Å²) in [7, 11) is -3.94. The number of nitrogens with zero attached hydrogens (tertiary/aromatic N) is 2. The van der Waals surface area contributed by atoms with E-state index in [0.717, 1.165) is 20.9 Å². The van der Waals surface area contributed by atoms with Gasteiger partial charge in [0.15, 0.2) is 0 Å². The number of sulfonamides is 1. The van der Waals surface area contributed by atoms with Crippen molar-refractivity contribution in [1.29, 1.82) is 0 Å². The predicted octanol–water partition coefficient (Wildman–Crippen LogP) is 4.77. The maximum atomic E-state index is 13.2. The normalized spacial score (nSPS) is 11.8. The molecule has 0 heterocycles. The van der Waals surface area contributed by atoms with Gasteiger partial charge >= 0.3 is 0 Å². The molecule has 8 heteroatoms. The van der Waals surface area contributed by atoms with Crippen LogP contribution in [0.5, 0.6) is 0 Å². The minimum Gasteiger partial charge on any atom is -0.271 e. The van der Waals surface area contributed by atoms with Gasteiger partial charge in [-0.2, -0.15) is 5.10 Å². The average molecular weight is 514 g/mol. The van der Waals surface area contributed by atoms with Gasteiger partial charge in [-0.25, -0.2) is 13.8 Å². The highest BCUT2D eigenvalue weighted by molar-refractivity contribution is 9.10. The zero-order chi connectivity index (χ0) is 23.0. The molecule has 6 nitrogen and oxygen atoms in total. The Bertz CT molecular complexity index is 1170. The van der Waals surface area contributed by atoms with E-state index in [1.54, 1.807) is 42.5 Å². The van der Waals surface area contributed by atoms with Crippen molar-refractivity contribution < 1.29 is 13.2 Å². The molecule has 166 valence electrons. The molecule has 0 aromatic heterocycles. The molecule has 0 spiro atoms. The summed E-state index contributed by atoms with van der Waals surface area (Å²) in [5.74, 6) is -0.522. The minimum atomic E-state index is -3.94. The number of carbonyl (C=O) groups excluding carboxylic acids is 1. The van der Waals surface area contributed by atoms with Crippen molar-refractivity contribution in [2.75, 3.05) is 10.8 Å². The Morgan fingerprint density at radius 2 is 1.53 bits per heavy atom. The topological polar surface area (TPSA) is 78.8 Å². The van der Waals surface area contributed by atoms with Gasteiger partial charge in [0.1, 0.15) is 6.54 Å². The largest absolute Gasteiger partial charge is 0.271 e. The molecule has 0 unspecified atom stereocenters. The molecule has 0 saturated heterocycles. The van der Waals surface area contributed by atoms with E-state index in [1.165, 1.54) is 17.7 Å². The minimum absolute atomic E-state index is 0.110. The van der Waals surface area contributed by atoms with Crippen LogP contribution in [0.15, 0.2) is 99.4 Å².